The molecule has 1 aromatic heterocycles. The van der Waals surface area contributed by atoms with E-state index in [0.717, 1.165) is 0 Å². The molecule has 1 fully saturated rings. The van der Waals surface area contributed by atoms with E-state index in [1.807, 2.05) is 19.0 Å². The second kappa shape index (κ2) is 8.33. The highest BCUT2D eigenvalue weighted by Gasteiger charge is 2.30. The molecule has 2 heterocycles. The summed E-state index contributed by atoms with van der Waals surface area (Å²) in [6.45, 7) is 1.47. The summed E-state index contributed by atoms with van der Waals surface area (Å²) in [6.07, 6.45) is 0.302. The van der Waals surface area contributed by atoms with E-state index < -0.39 is 0 Å². The molecule has 0 radical (unpaired) electrons. The van der Waals surface area contributed by atoms with Crippen molar-refractivity contribution in [2.75, 3.05) is 27.3 Å². The van der Waals surface area contributed by atoms with E-state index in [0.29, 0.717) is 37.7 Å². The number of ether oxygens (including phenoxy) is 2. The molecule has 0 bridgehead atoms. The molecule has 0 unspecified atom stereocenters. The van der Waals surface area contributed by atoms with E-state index >= 15 is 0 Å². The van der Waals surface area contributed by atoms with Gasteiger partial charge < -0.3 is 24.1 Å². The van der Waals surface area contributed by atoms with Gasteiger partial charge in [-0.15, -0.1) is 0 Å². The lowest BCUT2D eigenvalue weighted by atomic mass is 10.1. The van der Waals surface area contributed by atoms with Crippen LogP contribution in [0, 0.1) is 5.82 Å². The minimum absolute atomic E-state index is 0.247. The van der Waals surface area contributed by atoms with Gasteiger partial charge in [0, 0.05) is 12.5 Å². The molecule has 2 atom stereocenters. The highest BCUT2D eigenvalue weighted by molar-refractivity contribution is 5.91. The molecule has 3 rings (SSSR count). The summed E-state index contributed by atoms with van der Waals surface area (Å²) in [4.78, 5) is 14.4. The van der Waals surface area contributed by atoms with Crippen LogP contribution in [0.25, 0.3) is 0 Å². The highest BCUT2D eigenvalue weighted by atomic mass is 19.1. The Morgan fingerprint density at radius 1 is 1.35 bits per heavy atom. The van der Waals surface area contributed by atoms with Crippen LogP contribution < -0.4 is 10.1 Å². The molecule has 1 saturated heterocycles. The van der Waals surface area contributed by atoms with Gasteiger partial charge in [0.05, 0.1) is 25.8 Å². The van der Waals surface area contributed by atoms with Crippen molar-refractivity contribution in [2.45, 2.75) is 25.1 Å². The fraction of sp³-hybridized carbons (Fsp3) is 0.421. The lowest BCUT2D eigenvalue weighted by Gasteiger charge is -2.32. The van der Waals surface area contributed by atoms with Crippen LogP contribution in [0.4, 0.5) is 4.39 Å². The molecule has 26 heavy (non-hydrogen) atoms. The van der Waals surface area contributed by atoms with Gasteiger partial charge in [-0.2, -0.15) is 0 Å². The number of rotatable bonds is 6. The van der Waals surface area contributed by atoms with Crippen molar-refractivity contribution in [2.24, 2.45) is 0 Å². The summed E-state index contributed by atoms with van der Waals surface area (Å²) in [5.74, 6) is 0.712. The summed E-state index contributed by atoms with van der Waals surface area (Å²) in [5.41, 5.74) is 0. The zero-order chi connectivity index (χ0) is 18.5. The standard InChI is InChI=1S/C19H23FN2O4/c1-22(2)11-15-6-7-18(26-15)19(23)21-16-12-24-9-8-17(16)25-14-5-3-4-13(20)10-14/h3-7,10,16-17H,8-9,11-12H2,1-2H3,(H,21,23)/t16-,17+/m1/s1. The minimum Gasteiger partial charge on any atom is -0.488 e. The average molecular weight is 362 g/mol. The molecule has 0 saturated carbocycles. The van der Waals surface area contributed by atoms with E-state index in [2.05, 4.69) is 5.32 Å². The number of hydrogen-bond acceptors (Lipinski definition) is 5. The Morgan fingerprint density at radius 3 is 2.96 bits per heavy atom. The molecule has 140 valence electrons. The van der Waals surface area contributed by atoms with Gasteiger partial charge in [0.15, 0.2) is 5.76 Å². The molecular weight excluding hydrogens is 339 g/mol. The van der Waals surface area contributed by atoms with Crippen LogP contribution >= 0.6 is 0 Å². The van der Waals surface area contributed by atoms with Crippen LogP contribution in [0.5, 0.6) is 5.75 Å². The third-order valence-corrected chi connectivity index (χ3v) is 4.05. The zero-order valence-corrected chi connectivity index (χ0v) is 14.9. The van der Waals surface area contributed by atoms with Crippen LogP contribution in [-0.2, 0) is 11.3 Å². The highest BCUT2D eigenvalue weighted by Crippen LogP contribution is 2.20. The monoisotopic (exact) mass is 362 g/mol. The van der Waals surface area contributed by atoms with Crippen LogP contribution in [-0.4, -0.2) is 50.3 Å². The molecule has 1 aromatic carbocycles. The third-order valence-electron chi connectivity index (χ3n) is 4.05. The van der Waals surface area contributed by atoms with Gasteiger partial charge in [-0.1, -0.05) is 6.07 Å². The fourth-order valence-corrected chi connectivity index (χ4v) is 2.85. The Hall–Kier alpha value is -2.38. The van der Waals surface area contributed by atoms with E-state index in [4.69, 9.17) is 13.9 Å². The molecule has 2 aromatic rings. The SMILES string of the molecule is CN(C)Cc1ccc(C(=O)N[C@@H]2COCC[C@@H]2Oc2cccc(F)c2)o1. The van der Waals surface area contributed by atoms with Gasteiger partial charge in [0.25, 0.3) is 5.91 Å². The second-order valence-corrected chi connectivity index (χ2v) is 6.56. The van der Waals surface area contributed by atoms with E-state index in [9.17, 15) is 9.18 Å². The first-order valence-corrected chi connectivity index (χ1v) is 8.55. The van der Waals surface area contributed by atoms with Gasteiger partial charge in [-0.05, 0) is 38.4 Å². The van der Waals surface area contributed by atoms with Crippen molar-refractivity contribution in [3.63, 3.8) is 0 Å². The number of benzene rings is 1. The van der Waals surface area contributed by atoms with Gasteiger partial charge >= 0.3 is 0 Å². The van der Waals surface area contributed by atoms with E-state index in [1.165, 1.54) is 12.1 Å². The number of halogens is 1. The van der Waals surface area contributed by atoms with Crippen molar-refractivity contribution in [3.05, 3.63) is 53.7 Å². The largest absolute Gasteiger partial charge is 0.488 e. The van der Waals surface area contributed by atoms with Crippen molar-refractivity contribution in [1.82, 2.24) is 10.2 Å². The number of nitrogens with one attached hydrogen (secondary N) is 1. The van der Waals surface area contributed by atoms with E-state index in [-0.39, 0.29) is 29.6 Å². The maximum atomic E-state index is 13.4. The second-order valence-electron chi connectivity index (χ2n) is 6.56. The molecule has 0 spiro atoms. The normalized spacial score (nSPS) is 20.2. The first kappa shape index (κ1) is 18.4. The Morgan fingerprint density at radius 2 is 2.19 bits per heavy atom. The van der Waals surface area contributed by atoms with Gasteiger partial charge in [-0.3, -0.25) is 4.79 Å². The van der Waals surface area contributed by atoms with Crippen LogP contribution in [0.3, 0.4) is 0 Å². The molecule has 1 aliphatic rings. The van der Waals surface area contributed by atoms with Gasteiger partial charge in [0.1, 0.15) is 23.4 Å². The first-order valence-electron chi connectivity index (χ1n) is 8.55. The number of carbonyl (C=O) groups is 1. The van der Waals surface area contributed by atoms with Crippen LogP contribution in [0.1, 0.15) is 22.7 Å². The summed E-state index contributed by atoms with van der Waals surface area (Å²) in [6, 6.07) is 9.06. The molecule has 7 heteroatoms. The van der Waals surface area contributed by atoms with Crippen molar-refractivity contribution < 1.29 is 23.1 Å². The zero-order valence-electron chi connectivity index (χ0n) is 14.9. The number of hydrogen-bond donors (Lipinski definition) is 1. The van der Waals surface area contributed by atoms with Crippen LogP contribution in [0.15, 0.2) is 40.8 Å². The van der Waals surface area contributed by atoms with Crippen molar-refractivity contribution >= 4 is 5.91 Å². The summed E-state index contributed by atoms with van der Waals surface area (Å²) >= 11 is 0. The predicted octanol–water partition coefficient (Wildman–Crippen LogP) is 2.45. The van der Waals surface area contributed by atoms with Gasteiger partial charge in [-0.25, -0.2) is 4.39 Å². The number of nitrogens with zero attached hydrogens (tertiary/aromatic N) is 1. The Kier molecular flexibility index (Phi) is 5.90. The molecule has 1 aliphatic heterocycles. The number of amides is 1. The fourth-order valence-electron chi connectivity index (χ4n) is 2.85. The smallest absolute Gasteiger partial charge is 0.287 e. The molecule has 1 N–H and O–H groups in total. The predicted molar refractivity (Wildman–Crippen MR) is 93.6 cm³/mol. The third kappa shape index (κ3) is 4.83. The summed E-state index contributed by atoms with van der Waals surface area (Å²) in [7, 11) is 3.85. The van der Waals surface area contributed by atoms with Crippen molar-refractivity contribution in [1.29, 1.82) is 0 Å². The van der Waals surface area contributed by atoms with Crippen molar-refractivity contribution in [3.8, 4) is 5.75 Å². The Balaban J connectivity index is 1.64. The van der Waals surface area contributed by atoms with Crippen LogP contribution in [0.2, 0.25) is 0 Å². The maximum absolute atomic E-state index is 13.4. The summed E-state index contributed by atoms with van der Waals surface area (Å²) in [5, 5.41) is 2.90. The van der Waals surface area contributed by atoms with E-state index in [1.54, 1.807) is 24.3 Å². The number of carbonyl (C=O) groups excluding carboxylic acids is 1. The number of furan rings is 1. The quantitative estimate of drug-likeness (QED) is 0.855. The molecular formula is C19H23FN2O4. The maximum Gasteiger partial charge on any atom is 0.287 e. The van der Waals surface area contributed by atoms with Gasteiger partial charge in [0.2, 0.25) is 0 Å². The Labute approximate surface area is 151 Å². The average Bonchev–Trinajstić information content (AvgIpc) is 3.04. The molecule has 1 amide bonds. The minimum atomic E-state index is -0.362. The molecule has 6 nitrogen and oxygen atoms in total. The first-order chi connectivity index (χ1) is 12.5. The summed E-state index contributed by atoms with van der Waals surface area (Å²) < 4.78 is 30.3. The topological polar surface area (TPSA) is 63.9 Å². The lowest BCUT2D eigenvalue weighted by molar-refractivity contribution is -0.00332. The Bertz CT molecular complexity index is 747. The molecule has 0 aliphatic carbocycles. The lowest BCUT2D eigenvalue weighted by Crippen LogP contribution is -2.51.